The summed E-state index contributed by atoms with van der Waals surface area (Å²) in [5.74, 6) is 0.586. The molecule has 4 nitrogen and oxygen atoms in total. The molecule has 0 bridgehead atoms. The van der Waals surface area contributed by atoms with Gasteiger partial charge in [-0.15, -0.1) is 0 Å². The van der Waals surface area contributed by atoms with Crippen molar-refractivity contribution in [3.05, 3.63) is 45.6 Å². The van der Waals surface area contributed by atoms with E-state index in [4.69, 9.17) is 11.6 Å². The molecular formula is C11H14ClN3O. The zero-order valence-electron chi connectivity index (χ0n) is 9.49. The zero-order valence-corrected chi connectivity index (χ0v) is 10.2. The Hall–Kier alpha value is -1.55. The molecule has 2 rings (SSSR count). The maximum Gasteiger partial charge on any atom is 0.347 e. The first kappa shape index (κ1) is 12.5. The first-order valence-corrected chi connectivity index (χ1v) is 5.47. The number of hydrogen-bond acceptors (Lipinski definition) is 2. The number of nitrogens with one attached hydrogen (secondary N) is 1. The molecule has 86 valence electrons. The van der Waals surface area contributed by atoms with Gasteiger partial charge >= 0.3 is 5.69 Å². The lowest BCUT2D eigenvalue weighted by atomic mass is 10.3. The van der Waals surface area contributed by atoms with Crippen LogP contribution in [-0.4, -0.2) is 14.8 Å². The maximum absolute atomic E-state index is 11.4. The van der Waals surface area contributed by atoms with Gasteiger partial charge in [-0.3, -0.25) is 0 Å². The van der Waals surface area contributed by atoms with E-state index in [1.54, 1.807) is 19.1 Å². The quantitative estimate of drug-likeness (QED) is 0.832. The summed E-state index contributed by atoms with van der Waals surface area (Å²) in [5.41, 5.74) is 0.362. The van der Waals surface area contributed by atoms with Gasteiger partial charge in [0.2, 0.25) is 0 Å². The summed E-state index contributed by atoms with van der Waals surface area (Å²) in [7, 11) is 0. The van der Waals surface area contributed by atoms with E-state index in [2.05, 4.69) is 10.2 Å². The Morgan fingerprint density at radius 2 is 1.94 bits per heavy atom. The van der Waals surface area contributed by atoms with E-state index in [1.165, 1.54) is 4.57 Å². The molecule has 16 heavy (non-hydrogen) atoms. The van der Waals surface area contributed by atoms with Gasteiger partial charge in [0.05, 0.1) is 10.7 Å². The Labute approximate surface area is 98.9 Å². The number of hydrogen-bond donors (Lipinski definition) is 1. The standard InChI is InChI=1S/C9H8ClN3O.C2H6/c1-6-11-12-9(14)13(6)8-5-3-2-4-7(8)10;1-2/h2-5H,1H3,(H,12,14);1-2H3. The summed E-state index contributed by atoms with van der Waals surface area (Å²) in [5, 5.41) is 6.69. The van der Waals surface area contributed by atoms with Crippen LogP contribution in [0.5, 0.6) is 0 Å². The monoisotopic (exact) mass is 239 g/mol. The number of benzene rings is 1. The van der Waals surface area contributed by atoms with Crippen LogP contribution >= 0.6 is 11.6 Å². The SMILES string of the molecule is CC.Cc1n[nH]c(=O)n1-c1ccccc1Cl. The third-order valence-electron chi connectivity index (χ3n) is 1.93. The first-order valence-electron chi connectivity index (χ1n) is 5.09. The Balaban J connectivity index is 0.000000606. The van der Waals surface area contributed by atoms with Crippen LogP contribution in [-0.2, 0) is 0 Å². The Kier molecular flexibility index (Phi) is 4.31. The summed E-state index contributed by atoms with van der Waals surface area (Å²) in [4.78, 5) is 11.4. The second kappa shape index (κ2) is 5.51. The zero-order chi connectivity index (χ0) is 12.1. The van der Waals surface area contributed by atoms with Gasteiger partial charge in [0, 0.05) is 0 Å². The summed E-state index contributed by atoms with van der Waals surface area (Å²) in [6.07, 6.45) is 0. The van der Waals surface area contributed by atoms with Gasteiger partial charge in [0.1, 0.15) is 5.82 Å². The molecule has 1 heterocycles. The van der Waals surface area contributed by atoms with Crippen molar-refractivity contribution in [1.82, 2.24) is 14.8 Å². The second-order valence-electron chi connectivity index (χ2n) is 2.86. The number of nitrogens with zero attached hydrogens (tertiary/aromatic N) is 2. The van der Waals surface area contributed by atoms with E-state index in [0.717, 1.165) is 0 Å². The lowest BCUT2D eigenvalue weighted by molar-refractivity contribution is 0.944. The molecule has 0 unspecified atom stereocenters. The third kappa shape index (κ3) is 2.33. The Bertz CT molecular complexity index is 516. The van der Waals surface area contributed by atoms with Crippen LogP contribution in [0.4, 0.5) is 0 Å². The van der Waals surface area contributed by atoms with Crippen LogP contribution in [0, 0.1) is 6.92 Å². The van der Waals surface area contributed by atoms with Gasteiger partial charge in [-0.2, -0.15) is 5.10 Å². The molecule has 0 saturated carbocycles. The molecular weight excluding hydrogens is 226 g/mol. The highest BCUT2D eigenvalue weighted by Crippen LogP contribution is 2.18. The molecule has 0 atom stereocenters. The fourth-order valence-electron chi connectivity index (χ4n) is 1.29. The van der Waals surface area contributed by atoms with E-state index in [1.807, 2.05) is 26.0 Å². The Morgan fingerprint density at radius 3 is 2.44 bits per heavy atom. The predicted octanol–water partition coefficient (Wildman–Crippen LogP) is 2.55. The molecule has 5 heteroatoms. The van der Waals surface area contributed by atoms with E-state index in [9.17, 15) is 4.79 Å². The highest BCUT2D eigenvalue weighted by molar-refractivity contribution is 6.32. The van der Waals surface area contributed by atoms with E-state index in [0.29, 0.717) is 16.5 Å². The minimum absolute atomic E-state index is 0.282. The van der Waals surface area contributed by atoms with E-state index < -0.39 is 0 Å². The van der Waals surface area contributed by atoms with E-state index >= 15 is 0 Å². The van der Waals surface area contributed by atoms with Crippen molar-refractivity contribution >= 4 is 11.6 Å². The smallest absolute Gasteiger partial charge is 0.246 e. The molecule has 1 N–H and O–H groups in total. The maximum atomic E-state index is 11.4. The number of rotatable bonds is 1. The summed E-state index contributed by atoms with van der Waals surface area (Å²) in [6.45, 7) is 5.74. The number of halogens is 1. The molecule has 0 aliphatic carbocycles. The van der Waals surface area contributed by atoms with Gasteiger partial charge in [0.15, 0.2) is 0 Å². The molecule has 0 amide bonds. The van der Waals surface area contributed by atoms with Gasteiger partial charge in [-0.25, -0.2) is 14.5 Å². The van der Waals surface area contributed by atoms with Crippen LogP contribution in [0.2, 0.25) is 5.02 Å². The fraction of sp³-hybridized carbons (Fsp3) is 0.273. The van der Waals surface area contributed by atoms with Crippen LogP contribution in [0.1, 0.15) is 19.7 Å². The van der Waals surface area contributed by atoms with Crippen LogP contribution in [0.15, 0.2) is 29.1 Å². The number of H-pyrrole nitrogens is 1. The van der Waals surface area contributed by atoms with Gasteiger partial charge in [-0.05, 0) is 19.1 Å². The van der Waals surface area contributed by atoms with Crippen molar-refractivity contribution in [2.24, 2.45) is 0 Å². The number of aromatic amines is 1. The van der Waals surface area contributed by atoms with Crippen molar-refractivity contribution in [3.8, 4) is 5.69 Å². The molecule has 0 aliphatic rings. The van der Waals surface area contributed by atoms with Gasteiger partial charge in [0.25, 0.3) is 0 Å². The number of aryl methyl sites for hydroxylation is 1. The molecule has 0 spiro atoms. The minimum Gasteiger partial charge on any atom is -0.246 e. The lowest BCUT2D eigenvalue weighted by Crippen LogP contribution is -2.16. The largest absolute Gasteiger partial charge is 0.347 e. The van der Waals surface area contributed by atoms with Crippen molar-refractivity contribution in [1.29, 1.82) is 0 Å². The highest BCUT2D eigenvalue weighted by Gasteiger charge is 2.08. The van der Waals surface area contributed by atoms with Gasteiger partial charge in [-0.1, -0.05) is 37.6 Å². The summed E-state index contributed by atoms with van der Waals surface area (Å²) < 4.78 is 1.43. The molecule has 0 saturated heterocycles. The van der Waals surface area contributed by atoms with Crippen molar-refractivity contribution in [3.63, 3.8) is 0 Å². The van der Waals surface area contributed by atoms with Crippen molar-refractivity contribution < 1.29 is 0 Å². The van der Waals surface area contributed by atoms with Crippen molar-refractivity contribution in [2.75, 3.05) is 0 Å². The normalized spacial score (nSPS) is 9.50. The molecule has 1 aromatic heterocycles. The van der Waals surface area contributed by atoms with Crippen LogP contribution in [0.3, 0.4) is 0 Å². The fourth-order valence-corrected chi connectivity index (χ4v) is 1.51. The topological polar surface area (TPSA) is 50.7 Å². The van der Waals surface area contributed by atoms with Crippen LogP contribution < -0.4 is 5.69 Å². The Morgan fingerprint density at radius 1 is 1.31 bits per heavy atom. The van der Waals surface area contributed by atoms with E-state index in [-0.39, 0.29) is 5.69 Å². The summed E-state index contributed by atoms with van der Waals surface area (Å²) in [6, 6.07) is 7.13. The molecule has 0 fully saturated rings. The summed E-state index contributed by atoms with van der Waals surface area (Å²) >= 11 is 5.96. The lowest BCUT2D eigenvalue weighted by Gasteiger charge is -2.03. The average molecular weight is 240 g/mol. The van der Waals surface area contributed by atoms with Crippen LogP contribution in [0.25, 0.3) is 5.69 Å². The second-order valence-corrected chi connectivity index (χ2v) is 3.27. The molecule has 0 aliphatic heterocycles. The van der Waals surface area contributed by atoms with Gasteiger partial charge < -0.3 is 0 Å². The minimum atomic E-state index is -0.282. The molecule has 0 radical (unpaired) electrons. The highest BCUT2D eigenvalue weighted by atomic mass is 35.5. The van der Waals surface area contributed by atoms with Crippen molar-refractivity contribution in [2.45, 2.75) is 20.8 Å². The number of para-hydroxylation sites is 1. The molecule has 1 aromatic carbocycles. The third-order valence-corrected chi connectivity index (χ3v) is 2.25. The first-order chi connectivity index (χ1) is 7.70. The average Bonchev–Trinajstić information content (AvgIpc) is 2.63. The predicted molar refractivity (Wildman–Crippen MR) is 65.3 cm³/mol. The molecule has 2 aromatic rings. The number of aromatic nitrogens is 3.